The Hall–Kier alpha value is -0.850. The normalized spacial score (nSPS) is 10.3. The van der Waals surface area contributed by atoms with Gasteiger partial charge in [0, 0.05) is 18.1 Å². The average molecular weight is 178 g/mol. The van der Waals surface area contributed by atoms with Gasteiger partial charge >= 0.3 is 0 Å². The van der Waals surface area contributed by atoms with Gasteiger partial charge in [-0.15, -0.1) is 0 Å². The number of rotatable bonds is 5. The number of hydrogen-bond donors (Lipinski definition) is 0. The molecule has 1 aromatic rings. The molecule has 0 saturated heterocycles. The molecule has 0 aliphatic heterocycles. The summed E-state index contributed by atoms with van der Waals surface area (Å²) in [6, 6.07) is 4.37. The second-order valence-corrected chi connectivity index (χ2v) is 3.55. The third kappa shape index (κ3) is 3.58. The second kappa shape index (κ2) is 5.74. The van der Waals surface area contributed by atoms with Crippen molar-refractivity contribution in [3.63, 3.8) is 0 Å². The monoisotopic (exact) mass is 178 g/mol. The van der Waals surface area contributed by atoms with Crippen LogP contribution in [0.25, 0.3) is 0 Å². The van der Waals surface area contributed by atoms with E-state index in [1.54, 1.807) is 0 Å². The van der Waals surface area contributed by atoms with Gasteiger partial charge in [-0.3, -0.25) is 0 Å². The van der Waals surface area contributed by atoms with Crippen LogP contribution in [0.1, 0.15) is 38.7 Å². The topological polar surface area (TPSA) is 3.88 Å². The molecule has 0 radical (unpaired) electrons. The highest BCUT2D eigenvalue weighted by molar-refractivity contribution is 5.04. The van der Waals surface area contributed by atoms with Crippen LogP contribution in [-0.2, 0) is 13.0 Å². The predicted octanol–water partition coefficient (Wildman–Crippen LogP) is 2.73. The molecule has 0 bridgehead atoms. The standard InChI is InChI=1S/C12H20N/c1-3-5-9-13-10-6-8-12(11-13)7-4-2/h6,8,10-11H,3-5,7,9H2,1-2H3/q+1. The van der Waals surface area contributed by atoms with Gasteiger partial charge in [0.25, 0.3) is 0 Å². The smallest absolute Gasteiger partial charge is 0.171 e. The Bertz CT molecular complexity index is 243. The van der Waals surface area contributed by atoms with Gasteiger partial charge < -0.3 is 0 Å². The fourth-order valence-corrected chi connectivity index (χ4v) is 1.49. The minimum absolute atomic E-state index is 1.16. The Balaban J connectivity index is 2.56. The lowest BCUT2D eigenvalue weighted by Gasteiger charge is -1.98. The summed E-state index contributed by atoms with van der Waals surface area (Å²) in [7, 11) is 0. The number of unbranched alkanes of at least 4 members (excludes halogenated alkanes) is 1. The van der Waals surface area contributed by atoms with Crippen molar-refractivity contribution in [2.45, 2.75) is 46.1 Å². The van der Waals surface area contributed by atoms with E-state index in [1.165, 1.54) is 31.2 Å². The first kappa shape index (κ1) is 10.2. The summed E-state index contributed by atoms with van der Waals surface area (Å²) < 4.78 is 2.30. The van der Waals surface area contributed by atoms with E-state index < -0.39 is 0 Å². The van der Waals surface area contributed by atoms with Crippen LogP contribution in [0, 0.1) is 0 Å². The largest absolute Gasteiger partial charge is 0.205 e. The molecule has 0 fully saturated rings. The number of aromatic nitrogens is 1. The van der Waals surface area contributed by atoms with Crippen molar-refractivity contribution in [1.82, 2.24) is 0 Å². The van der Waals surface area contributed by atoms with Gasteiger partial charge in [0.05, 0.1) is 0 Å². The second-order valence-electron chi connectivity index (χ2n) is 3.55. The highest BCUT2D eigenvalue weighted by Gasteiger charge is 2.00. The van der Waals surface area contributed by atoms with E-state index in [1.807, 2.05) is 0 Å². The van der Waals surface area contributed by atoms with Gasteiger partial charge in [0.15, 0.2) is 12.4 Å². The molecule has 1 heteroatoms. The Morgan fingerprint density at radius 3 is 2.77 bits per heavy atom. The molecule has 1 nitrogen and oxygen atoms in total. The molecule has 1 rings (SSSR count). The first-order chi connectivity index (χ1) is 6.36. The average Bonchev–Trinajstić information content (AvgIpc) is 2.16. The molecule has 0 unspecified atom stereocenters. The molecular formula is C12H20N+. The van der Waals surface area contributed by atoms with Gasteiger partial charge in [-0.2, -0.15) is 0 Å². The lowest BCUT2D eigenvalue weighted by atomic mass is 10.2. The fraction of sp³-hybridized carbons (Fsp3) is 0.583. The van der Waals surface area contributed by atoms with Gasteiger partial charge in [0.1, 0.15) is 6.54 Å². The number of nitrogens with zero attached hydrogens (tertiary/aromatic N) is 1. The summed E-state index contributed by atoms with van der Waals surface area (Å²) in [4.78, 5) is 0. The zero-order chi connectivity index (χ0) is 9.52. The van der Waals surface area contributed by atoms with Crippen LogP contribution >= 0.6 is 0 Å². The quantitative estimate of drug-likeness (QED) is 0.610. The zero-order valence-corrected chi connectivity index (χ0v) is 8.79. The van der Waals surface area contributed by atoms with Crippen LogP contribution < -0.4 is 4.57 Å². The van der Waals surface area contributed by atoms with E-state index in [-0.39, 0.29) is 0 Å². The SMILES string of the molecule is CCCC[n+]1cccc(CCC)c1. The third-order valence-electron chi connectivity index (χ3n) is 2.23. The summed E-state index contributed by atoms with van der Waals surface area (Å²) in [6.45, 7) is 5.62. The summed E-state index contributed by atoms with van der Waals surface area (Å²) in [5.74, 6) is 0. The molecule has 0 atom stereocenters. The van der Waals surface area contributed by atoms with Gasteiger partial charge in [-0.1, -0.05) is 26.7 Å². The molecule has 0 aliphatic rings. The van der Waals surface area contributed by atoms with Crippen molar-refractivity contribution in [2.75, 3.05) is 0 Å². The Morgan fingerprint density at radius 2 is 2.08 bits per heavy atom. The molecule has 1 aromatic heterocycles. The molecule has 1 heterocycles. The Morgan fingerprint density at radius 1 is 1.23 bits per heavy atom. The van der Waals surface area contributed by atoms with Crippen LogP contribution in [0.3, 0.4) is 0 Å². The number of hydrogen-bond acceptors (Lipinski definition) is 0. The first-order valence-electron chi connectivity index (χ1n) is 5.34. The minimum atomic E-state index is 1.16. The van der Waals surface area contributed by atoms with Gasteiger partial charge in [-0.05, 0) is 12.5 Å². The molecule has 0 amide bonds. The van der Waals surface area contributed by atoms with E-state index in [0.29, 0.717) is 0 Å². The Labute approximate surface area is 81.4 Å². The molecule has 0 saturated carbocycles. The maximum atomic E-state index is 2.30. The van der Waals surface area contributed by atoms with Gasteiger partial charge in [-0.25, -0.2) is 4.57 Å². The highest BCUT2D eigenvalue weighted by Crippen LogP contribution is 1.98. The van der Waals surface area contributed by atoms with Crippen molar-refractivity contribution in [3.05, 3.63) is 30.1 Å². The molecule has 0 N–H and O–H groups in total. The number of aryl methyl sites for hydroxylation is 2. The van der Waals surface area contributed by atoms with E-state index in [9.17, 15) is 0 Å². The van der Waals surface area contributed by atoms with Crippen molar-refractivity contribution < 1.29 is 4.57 Å². The van der Waals surface area contributed by atoms with Crippen molar-refractivity contribution >= 4 is 0 Å². The maximum absolute atomic E-state index is 2.30. The lowest BCUT2D eigenvalue weighted by molar-refractivity contribution is -0.697. The lowest BCUT2D eigenvalue weighted by Crippen LogP contribution is -2.33. The summed E-state index contributed by atoms with van der Waals surface area (Å²) >= 11 is 0. The van der Waals surface area contributed by atoms with Crippen molar-refractivity contribution in [2.24, 2.45) is 0 Å². The van der Waals surface area contributed by atoms with Crippen LogP contribution in [0.5, 0.6) is 0 Å². The highest BCUT2D eigenvalue weighted by atomic mass is 14.9. The Kier molecular flexibility index (Phi) is 4.52. The fourth-order valence-electron chi connectivity index (χ4n) is 1.49. The molecule has 72 valence electrons. The van der Waals surface area contributed by atoms with Crippen molar-refractivity contribution in [3.8, 4) is 0 Å². The molecule has 0 aromatic carbocycles. The van der Waals surface area contributed by atoms with Crippen molar-refractivity contribution in [1.29, 1.82) is 0 Å². The predicted molar refractivity (Wildman–Crippen MR) is 55.5 cm³/mol. The van der Waals surface area contributed by atoms with E-state index in [4.69, 9.17) is 0 Å². The van der Waals surface area contributed by atoms with Crippen LogP contribution in [0.15, 0.2) is 24.5 Å². The van der Waals surface area contributed by atoms with Crippen LogP contribution in [0.2, 0.25) is 0 Å². The third-order valence-corrected chi connectivity index (χ3v) is 2.23. The summed E-state index contributed by atoms with van der Waals surface area (Å²) in [6.07, 6.45) is 9.42. The molecule has 13 heavy (non-hydrogen) atoms. The van der Waals surface area contributed by atoms with E-state index in [2.05, 4.69) is 42.9 Å². The van der Waals surface area contributed by atoms with Crippen LogP contribution in [-0.4, -0.2) is 0 Å². The van der Waals surface area contributed by atoms with Crippen LogP contribution in [0.4, 0.5) is 0 Å². The minimum Gasteiger partial charge on any atom is -0.205 e. The van der Waals surface area contributed by atoms with E-state index >= 15 is 0 Å². The summed E-state index contributed by atoms with van der Waals surface area (Å²) in [5.41, 5.74) is 1.46. The zero-order valence-electron chi connectivity index (χ0n) is 8.79. The summed E-state index contributed by atoms with van der Waals surface area (Å²) in [5, 5.41) is 0. The molecule has 0 aliphatic carbocycles. The maximum Gasteiger partial charge on any atom is 0.171 e. The first-order valence-corrected chi connectivity index (χ1v) is 5.34. The molecule has 0 spiro atoms. The van der Waals surface area contributed by atoms with Gasteiger partial charge in [0.2, 0.25) is 0 Å². The molecular weight excluding hydrogens is 158 g/mol. The van der Waals surface area contributed by atoms with E-state index in [0.717, 1.165) is 6.54 Å². The number of pyridine rings is 1.